The van der Waals surface area contributed by atoms with Gasteiger partial charge in [0, 0.05) is 44.5 Å². The Balaban J connectivity index is 1.52. The number of carbonyl (C=O) groups is 1. The number of nitriles is 1. The summed E-state index contributed by atoms with van der Waals surface area (Å²) >= 11 is 6.89. The minimum absolute atomic E-state index is 0.0866. The third-order valence-electron chi connectivity index (χ3n) is 7.44. The Morgan fingerprint density at radius 3 is 2.18 bits per heavy atom. The largest absolute Gasteiger partial charge is 0.368 e. The SMILES string of the molecule is Cc1c(/C=C2\SC(=S)N(C(C)c3ccccc3)C2=O)c(N2CCN(c3ccccc3)CC2)n(C)c(=O)c1C#N. The summed E-state index contributed by atoms with van der Waals surface area (Å²) in [5, 5.41) is 9.80. The molecule has 3 heterocycles. The third kappa shape index (κ3) is 4.98. The second-order valence-corrected chi connectivity index (χ2v) is 11.3. The highest BCUT2D eigenvalue weighted by Crippen LogP contribution is 2.39. The van der Waals surface area contributed by atoms with E-state index in [1.54, 1.807) is 23.4 Å². The summed E-state index contributed by atoms with van der Waals surface area (Å²) in [7, 11) is 1.70. The first-order valence-electron chi connectivity index (χ1n) is 12.8. The monoisotopic (exact) mass is 555 g/mol. The molecular formula is C30H29N5O2S2. The fraction of sp³-hybridized carbons (Fsp3) is 0.267. The molecule has 2 aliphatic heterocycles. The Morgan fingerprint density at radius 1 is 0.974 bits per heavy atom. The van der Waals surface area contributed by atoms with Crippen molar-refractivity contribution in [2.24, 2.45) is 7.05 Å². The number of amides is 1. The van der Waals surface area contributed by atoms with Crippen molar-refractivity contribution in [3.8, 4) is 6.07 Å². The zero-order valence-electron chi connectivity index (χ0n) is 22.1. The van der Waals surface area contributed by atoms with Crippen molar-refractivity contribution in [2.45, 2.75) is 19.9 Å². The number of piperazine rings is 1. The maximum absolute atomic E-state index is 13.6. The molecule has 0 aliphatic carbocycles. The van der Waals surface area contributed by atoms with Crippen LogP contribution < -0.4 is 15.4 Å². The second kappa shape index (κ2) is 11.1. The van der Waals surface area contributed by atoms with Crippen LogP contribution >= 0.6 is 24.0 Å². The first-order chi connectivity index (χ1) is 18.8. The van der Waals surface area contributed by atoms with Crippen LogP contribution in [0.25, 0.3) is 6.08 Å². The molecule has 1 atom stereocenters. The van der Waals surface area contributed by atoms with E-state index in [-0.39, 0.29) is 23.1 Å². The first-order valence-corrected chi connectivity index (χ1v) is 14.0. The van der Waals surface area contributed by atoms with E-state index >= 15 is 0 Å². The zero-order chi connectivity index (χ0) is 27.7. The molecule has 7 nitrogen and oxygen atoms in total. The lowest BCUT2D eigenvalue weighted by molar-refractivity contribution is -0.123. The van der Waals surface area contributed by atoms with Crippen molar-refractivity contribution < 1.29 is 4.79 Å². The molecule has 0 saturated carbocycles. The number of carbonyl (C=O) groups excluding carboxylic acids is 1. The fourth-order valence-electron chi connectivity index (χ4n) is 5.23. The lowest BCUT2D eigenvalue weighted by Gasteiger charge is -2.38. The average molecular weight is 556 g/mol. The summed E-state index contributed by atoms with van der Waals surface area (Å²) in [6.07, 6.45) is 1.81. The van der Waals surface area contributed by atoms with Crippen LogP contribution in [0.2, 0.25) is 0 Å². The summed E-state index contributed by atoms with van der Waals surface area (Å²) in [5.74, 6) is 0.540. The van der Waals surface area contributed by atoms with Gasteiger partial charge in [0.25, 0.3) is 11.5 Å². The highest BCUT2D eigenvalue weighted by molar-refractivity contribution is 8.26. The van der Waals surface area contributed by atoms with Gasteiger partial charge in [-0.3, -0.25) is 19.1 Å². The molecule has 1 amide bonds. The number of aromatic nitrogens is 1. The van der Waals surface area contributed by atoms with E-state index < -0.39 is 0 Å². The Labute approximate surface area is 237 Å². The van der Waals surface area contributed by atoms with Crippen molar-refractivity contribution >= 4 is 51.8 Å². The smallest absolute Gasteiger partial charge is 0.270 e. The van der Waals surface area contributed by atoms with Gasteiger partial charge >= 0.3 is 0 Å². The van der Waals surface area contributed by atoms with Gasteiger partial charge < -0.3 is 9.80 Å². The lowest BCUT2D eigenvalue weighted by Crippen LogP contribution is -2.48. The summed E-state index contributed by atoms with van der Waals surface area (Å²) in [6, 6.07) is 21.9. The molecule has 2 aromatic carbocycles. The lowest BCUT2D eigenvalue weighted by atomic mass is 10.0. The normalized spacial score (nSPS) is 17.6. The molecule has 0 bridgehead atoms. The van der Waals surface area contributed by atoms with Gasteiger partial charge in [-0.1, -0.05) is 72.5 Å². The van der Waals surface area contributed by atoms with Gasteiger partial charge in [-0.05, 0) is 43.2 Å². The van der Waals surface area contributed by atoms with E-state index in [0.29, 0.717) is 39.3 Å². The molecule has 0 spiro atoms. The number of pyridine rings is 1. The molecule has 39 heavy (non-hydrogen) atoms. The standard InChI is InChI=1S/C30H29N5O2S2/c1-20-24(18-26-29(37)35(30(38)39-26)21(2)22-10-6-4-7-11-22)27(32(3)28(36)25(20)19-31)34-16-14-33(15-17-34)23-12-8-5-9-13-23/h4-13,18,21H,14-17H2,1-3H3/b26-18-. The van der Waals surface area contributed by atoms with Gasteiger partial charge in [0.1, 0.15) is 21.8 Å². The maximum Gasteiger partial charge on any atom is 0.270 e. The molecule has 3 aromatic rings. The Morgan fingerprint density at radius 2 is 1.56 bits per heavy atom. The number of thioether (sulfide) groups is 1. The van der Waals surface area contributed by atoms with Gasteiger partial charge in [0.15, 0.2) is 0 Å². The van der Waals surface area contributed by atoms with Crippen molar-refractivity contribution in [3.05, 3.63) is 98.2 Å². The van der Waals surface area contributed by atoms with Crippen LogP contribution in [-0.4, -0.2) is 45.9 Å². The predicted molar refractivity (Wildman–Crippen MR) is 162 cm³/mol. The Bertz CT molecular complexity index is 1550. The van der Waals surface area contributed by atoms with Crippen LogP contribution in [0.3, 0.4) is 0 Å². The number of nitrogens with zero attached hydrogens (tertiary/aromatic N) is 5. The van der Waals surface area contributed by atoms with E-state index in [9.17, 15) is 14.9 Å². The number of anilines is 2. The predicted octanol–water partition coefficient (Wildman–Crippen LogP) is 4.85. The van der Waals surface area contributed by atoms with E-state index in [2.05, 4.69) is 28.0 Å². The number of rotatable bonds is 5. The molecular weight excluding hydrogens is 526 g/mol. The van der Waals surface area contributed by atoms with Gasteiger partial charge in [-0.2, -0.15) is 5.26 Å². The summed E-state index contributed by atoms with van der Waals surface area (Å²) < 4.78 is 2.03. The van der Waals surface area contributed by atoms with Crippen LogP contribution in [0.5, 0.6) is 0 Å². The topological polar surface area (TPSA) is 72.6 Å². The van der Waals surface area contributed by atoms with E-state index in [4.69, 9.17) is 12.2 Å². The van der Waals surface area contributed by atoms with Crippen LogP contribution in [-0.2, 0) is 11.8 Å². The highest BCUT2D eigenvalue weighted by Gasteiger charge is 2.36. The summed E-state index contributed by atoms with van der Waals surface area (Å²) in [6.45, 7) is 6.70. The molecule has 2 aliphatic rings. The second-order valence-electron chi connectivity index (χ2n) is 9.66. The first kappa shape index (κ1) is 26.7. The van der Waals surface area contributed by atoms with Crippen molar-refractivity contribution in [1.82, 2.24) is 9.47 Å². The summed E-state index contributed by atoms with van der Waals surface area (Å²) in [5.41, 5.74) is 3.19. The van der Waals surface area contributed by atoms with E-state index in [1.165, 1.54) is 17.4 Å². The van der Waals surface area contributed by atoms with Crippen LogP contribution in [0, 0.1) is 18.3 Å². The van der Waals surface area contributed by atoms with Gasteiger partial charge in [-0.15, -0.1) is 0 Å². The Kier molecular flexibility index (Phi) is 7.60. The number of benzene rings is 2. The highest BCUT2D eigenvalue weighted by atomic mass is 32.2. The molecule has 5 rings (SSSR count). The quantitative estimate of drug-likeness (QED) is 0.329. The fourth-order valence-corrected chi connectivity index (χ4v) is 6.64. The number of para-hydroxylation sites is 1. The van der Waals surface area contributed by atoms with Gasteiger partial charge in [0.05, 0.1) is 10.9 Å². The summed E-state index contributed by atoms with van der Waals surface area (Å²) in [4.78, 5) is 33.4. The number of hydrogen-bond donors (Lipinski definition) is 0. The van der Waals surface area contributed by atoms with Crippen molar-refractivity contribution in [3.63, 3.8) is 0 Å². The van der Waals surface area contributed by atoms with Crippen molar-refractivity contribution in [2.75, 3.05) is 36.0 Å². The minimum Gasteiger partial charge on any atom is -0.368 e. The molecule has 1 aromatic heterocycles. The molecule has 198 valence electrons. The maximum atomic E-state index is 13.6. The molecule has 0 N–H and O–H groups in total. The number of thiocarbonyl (C=S) groups is 1. The molecule has 0 radical (unpaired) electrons. The van der Waals surface area contributed by atoms with Gasteiger partial charge in [-0.25, -0.2) is 0 Å². The van der Waals surface area contributed by atoms with Crippen molar-refractivity contribution in [1.29, 1.82) is 5.26 Å². The average Bonchev–Trinajstić information content (AvgIpc) is 3.25. The zero-order valence-corrected chi connectivity index (χ0v) is 23.8. The van der Waals surface area contributed by atoms with Crippen LogP contribution in [0.1, 0.15) is 35.2 Å². The molecule has 2 saturated heterocycles. The molecule has 1 unspecified atom stereocenters. The number of hydrogen-bond acceptors (Lipinski definition) is 7. The molecule has 9 heteroatoms. The minimum atomic E-state index is -0.335. The van der Waals surface area contributed by atoms with E-state index in [0.717, 1.165) is 18.7 Å². The third-order valence-corrected chi connectivity index (χ3v) is 8.77. The molecule has 2 fully saturated rings. The van der Waals surface area contributed by atoms with Crippen LogP contribution in [0.4, 0.5) is 11.5 Å². The van der Waals surface area contributed by atoms with Crippen LogP contribution in [0.15, 0.2) is 70.4 Å². The van der Waals surface area contributed by atoms with Gasteiger partial charge in [0.2, 0.25) is 0 Å². The Hall–Kier alpha value is -3.87. The van der Waals surface area contributed by atoms with E-state index in [1.807, 2.05) is 61.5 Å².